The Balaban J connectivity index is 1.45. The quantitative estimate of drug-likeness (QED) is 0.700. The minimum absolute atomic E-state index is 0.155. The molecule has 0 aliphatic carbocycles. The van der Waals surface area contributed by atoms with E-state index in [1.165, 1.54) is 21.6 Å². The van der Waals surface area contributed by atoms with Gasteiger partial charge in [0, 0.05) is 31.7 Å². The molecule has 10 heteroatoms. The van der Waals surface area contributed by atoms with E-state index in [1.807, 2.05) is 0 Å². The van der Waals surface area contributed by atoms with Gasteiger partial charge < -0.3 is 4.90 Å². The number of rotatable bonds is 2. The summed E-state index contributed by atoms with van der Waals surface area (Å²) in [5, 5.41) is 7.74. The van der Waals surface area contributed by atoms with E-state index in [0.29, 0.717) is 37.1 Å². The van der Waals surface area contributed by atoms with Crippen LogP contribution in [0.25, 0.3) is 5.65 Å². The summed E-state index contributed by atoms with van der Waals surface area (Å²) in [4.78, 5) is 18.6. The van der Waals surface area contributed by atoms with Crippen LogP contribution in [0.15, 0.2) is 36.9 Å². The molecule has 0 bridgehead atoms. The van der Waals surface area contributed by atoms with Gasteiger partial charge >= 0.3 is 6.18 Å². The van der Waals surface area contributed by atoms with Crippen molar-refractivity contribution in [2.24, 2.45) is 0 Å². The van der Waals surface area contributed by atoms with Gasteiger partial charge in [-0.3, -0.25) is 9.48 Å². The molecule has 0 spiro atoms. The third kappa shape index (κ3) is 2.91. The van der Waals surface area contributed by atoms with Crippen LogP contribution in [-0.4, -0.2) is 48.3 Å². The molecule has 1 aliphatic heterocycles. The van der Waals surface area contributed by atoms with Gasteiger partial charge in [0.05, 0.1) is 12.2 Å². The fourth-order valence-corrected chi connectivity index (χ4v) is 3.17. The van der Waals surface area contributed by atoms with Crippen molar-refractivity contribution in [1.82, 2.24) is 29.3 Å². The van der Waals surface area contributed by atoms with Crippen molar-refractivity contribution in [3.8, 4) is 0 Å². The molecule has 26 heavy (non-hydrogen) atoms. The molecular formula is C16H15F3N6O. The zero-order valence-corrected chi connectivity index (χ0v) is 13.6. The number of likely N-dealkylation sites (tertiary alicyclic amines) is 1. The first-order valence-electron chi connectivity index (χ1n) is 8.13. The SMILES string of the molecule is O=C(c1cnn2cccnc12)N1CCC(n2ccc(C(F)(F)F)n2)CC1. The van der Waals surface area contributed by atoms with E-state index in [0.717, 1.165) is 6.07 Å². The van der Waals surface area contributed by atoms with Crippen molar-refractivity contribution in [3.63, 3.8) is 0 Å². The average molecular weight is 364 g/mol. The number of alkyl halides is 3. The zero-order valence-electron chi connectivity index (χ0n) is 13.6. The van der Waals surface area contributed by atoms with Crippen LogP contribution in [0.2, 0.25) is 0 Å². The number of hydrogen-bond donors (Lipinski definition) is 0. The molecule has 0 N–H and O–H groups in total. The zero-order chi connectivity index (χ0) is 18.3. The fourth-order valence-electron chi connectivity index (χ4n) is 3.17. The van der Waals surface area contributed by atoms with Crippen molar-refractivity contribution in [2.45, 2.75) is 25.1 Å². The van der Waals surface area contributed by atoms with Crippen LogP contribution in [0.1, 0.15) is 34.9 Å². The monoisotopic (exact) mass is 364 g/mol. The van der Waals surface area contributed by atoms with Gasteiger partial charge in [-0.1, -0.05) is 0 Å². The maximum atomic E-state index is 12.7. The molecule has 1 amide bonds. The van der Waals surface area contributed by atoms with Crippen molar-refractivity contribution in [3.05, 3.63) is 48.2 Å². The minimum atomic E-state index is -4.45. The third-order valence-corrected chi connectivity index (χ3v) is 4.53. The highest BCUT2D eigenvalue weighted by Gasteiger charge is 2.34. The Morgan fingerprint density at radius 1 is 1.19 bits per heavy atom. The summed E-state index contributed by atoms with van der Waals surface area (Å²) < 4.78 is 40.9. The molecule has 1 aliphatic rings. The molecule has 1 fully saturated rings. The summed E-state index contributed by atoms with van der Waals surface area (Å²) in [5.74, 6) is -0.173. The molecule has 0 saturated carbocycles. The second kappa shape index (κ2) is 6.11. The first-order valence-corrected chi connectivity index (χ1v) is 8.13. The van der Waals surface area contributed by atoms with E-state index in [1.54, 1.807) is 23.4 Å². The Bertz CT molecular complexity index is 939. The Morgan fingerprint density at radius 2 is 1.96 bits per heavy atom. The van der Waals surface area contributed by atoms with Crippen LogP contribution in [-0.2, 0) is 6.18 Å². The molecule has 3 aromatic heterocycles. The lowest BCUT2D eigenvalue weighted by atomic mass is 10.0. The van der Waals surface area contributed by atoms with Crippen LogP contribution in [0, 0.1) is 0 Å². The van der Waals surface area contributed by atoms with E-state index in [4.69, 9.17) is 0 Å². The van der Waals surface area contributed by atoms with Crippen molar-refractivity contribution in [1.29, 1.82) is 0 Å². The lowest BCUT2D eigenvalue weighted by Crippen LogP contribution is -2.39. The molecule has 0 atom stereocenters. The number of carbonyl (C=O) groups is 1. The van der Waals surface area contributed by atoms with Gasteiger partial charge in [0.2, 0.25) is 0 Å². The molecule has 4 heterocycles. The van der Waals surface area contributed by atoms with E-state index in [9.17, 15) is 18.0 Å². The maximum absolute atomic E-state index is 12.7. The smallest absolute Gasteiger partial charge is 0.338 e. The van der Waals surface area contributed by atoms with Gasteiger partial charge in [-0.15, -0.1) is 0 Å². The van der Waals surface area contributed by atoms with Crippen molar-refractivity contribution >= 4 is 11.6 Å². The van der Waals surface area contributed by atoms with Crippen molar-refractivity contribution in [2.75, 3.05) is 13.1 Å². The van der Waals surface area contributed by atoms with E-state index in [-0.39, 0.29) is 11.9 Å². The highest BCUT2D eigenvalue weighted by molar-refractivity contribution is 5.99. The average Bonchev–Trinajstić information content (AvgIpc) is 3.28. The van der Waals surface area contributed by atoms with E-state index < -0.39 is 11.9 Å². The number of piperidine rings is 1. The summed E-state index contributed by atoms with van der Waals surface area (Å²) in [6, 6.07) is 2.54. The number of aromatic nitrogens is 5. The molecule has 0 radical (unpaired) electrons. The third-order valence-electron chi connectivity index (χ3n) is 4.53. The van der Waals surface area contributed by atoms with Gasteiger partial charge in [0.1, 0.15) is 5.56 Å². The number of fused-ring (bicyclic) bond motifs is 1. The standard InChI is InChI=1S/C16H15F3N6O/c17-16(18,19)13-4-9-24(22-13)11-2-7-23(8-3-11)15(26)12-10-21-25-6-1-5-20-14(12)25/h1,4-6,9-11H,2-3,7-8H2. The van der Waals surface area contributed by atoms with Crippen LogP contribution in [0.5, 0.6) is 0 Å². The van der Waals surface area contributed by atoms with E-state index in [2.05, 4.69) is 15.2 Å². The molecule has 136 valence electrons. The molecule has 4 rings (SSSR count). The second-order valence-corrected chi connectivity index (χ2v) is 6.15. The summed E-state index contributed by atoms with van der Waals surface area (Å²) >= 11 is 0. The lowest BCUT2D eigenvalue weighted by Gasteiger charge is -2.31. The summed E-state index contributed by atoms with van der Waals surface area (Å²) in [6.45, 7) is 0.879. The van der Waals surface area contributed by atoms with Gasteiger partial charge in [0.25, 0.3) is 5.91 Å². The number of amides is 1. The highest BCUT2D eigenvalue weighted by Crippen LogP contribution is 2.30. The predicted molar refractivity (Wildman–Crippen MR) is 84.4 cm³/mol. The predicted octanol–water partition coefficient (Wildman–Crippen LogP) is 2.42. The number of halogens is 3. The van der Waals surface area contributed by atoms with Crippen LogP contribution in [0.3, 0.4) is 0 Å². The van der Waals surface area contributed by atoms with Gasteiger partial charge in [-0.25, -0.2) is 9.50 Å². The summed E-state index contributed by atoms with van der Waals surface area (Å²) in [5.41, 5.74) is 0.0115. The van der Waals surface area contributed by atoms with Crippen molar-refractivity contribution < 1.29 is 18.0 Å². The molecular weight excluding hydrogens is 349 g/mol. The Morgan fingerprint density at radius 3 is 2.65 bits per heavy atom. The van der Waals surface area contributed by atoms with Crippen LogP contribution >= 0.6 is 0 Å². The fraction of sp³-hybridized carbons (Fsp3) is 0.375. The van der Waals surface area contributed by atoms with Crippen LogP contribution in [0.4, 0.5) is 13.2 Å². The topological polar surface area (TPSA) is 68.3 Å². The largest absolute Gasteiger partial charge is 0.435 e. The first kappa shape index (κ1) is 16.6. The summed E-state index contributed by atoms with van der Waals surface area (Å²) in [6.07, 6.45) is 2.77. The lowest BCUT2D eigenvalue weighted by molar-refractivity contribution is -0.141. The van der Waals surface area contributed by atoms with Gasteiger partial charge in [-0.05, 0) is 25.0 Å². The van der Waals surface area contributed by atoms with Crippen LogP contribution < -0.4 is 0 Å². The van der Waals surface area contributed by atoms with Gasteiger partial charge in [0.15, 0.2) is 11.3 Å². The van der Waals surface area contributed by atoms with Gasteiger partial charge in [-0.2, -0.15) is 23.4 Å². The molecule has 3 aromatic rings. The molecule has 0 unspecified atom stereocenters. The Hall–Kier alpha value is -2.91. The Labute approximate surface area is 146 Å². The maximum Gasteiger partial charge on any atom is 0.435 e. The second-order valence-electron chi connectivity index (χ2n) is 6.15. The summed E-state index contributed by atoms with van der Waals surface area (Å²) in [7, 11) is 0. The number of carbonyl (C=O) groups excluding carboxylic acids is 1. The minimum Gasteiger partial charge on any atom is -0.338 e. The Kier molecular flexibility index (Phi) is 3.89. The normalized spacial score (nSPS) is 16.3. The number of nitrogens with zero attached hydrogens (tertiary/aromatic N) is 6. The molecule has 7 nitrogen and oxygen atoms in total. The number of hydrogen-bond acceptors (Lipinski definition) is 4. The molecule has 0 aromatic carbocycles. The molecule has 1 saturated heterocycles. The first-order chi connectivity index (χ1) is 12.4. The van der Waals surface area contributed by atoms with E-state index >= 15 is 0 Å². The highest BCUT2D eigenvalue weighted by atomic mass is 19.4.